The smallest absolute Gasteiger partial charge is 0.233 e. The van der Waals surface area contributed by atoms with Gasteiger partial charge in [-0.2, -0.15) is 0 Å². The van der Waals surface area contributed by atoms with E-state index in [1.165, 1.54) is 11.2 Å². The molecule has 0 aromatic heterocycles. The Morgan fingerprint density at radius 3 is 3.04 bits per heavy atom. The Kier molecular flexibility index (Phi) is 5.95. The molecule has 24 heavy (non-hydrogen) atoms. The van der Waals surface area contributed by atoms with Crippen molar-refractivity contribution in [2.75, 3.05) is 13.1 Å². The molecule has 6 atom stereocenters. The molecule has 134 valence electrons. The number of Topliss-reactive ketones (excluding diaryl/α,β-unsaturated/α-hetero) is 1. The van der Waals surface area contributed by atoms with Crippen LogP contribution >= 0.6 is 27.5 Å². The highest BCUT2D eigenvalue weighted by atomic mass is 79.9. The summed E-state index contributed by atoms with van der Waals surface area (Å²) in [4.78, 5) is 31.0. The van der Waals surface area contributed by atoms with Gasteiger partial charge in [-0.3, -0.25) is 19.5 Å². The van der Waals surface area contributed by atoms with Gasteiger partial charge in [-0.05, 0) is 32.2 Å². The van der Waals surface area contributed by atoms with Crippen molar-refractivity contribution < 1.29 is 14.7 Å². The van der Waals surface area contributed by atoms with E-state index in [0.29, 0.717) is 12.8 Å². The molecule has 2 heterocycles. The standard InChI is InChI=1S/C16H23BrClN3O3/c17-11-6-13-10(5-12(11)18)16(24)21(8-20-13)7-9(22)4-14-15(23)2-1-3-19-14/h8,10-15,19,23H,1-7H2/t10?,11?,12?,13?,14?,15-/m1/s1. The molecule has 8 heteroatoms. The number of aliphatic hydroxyl groups excluding tert-OH is 1. The van der Waals surface area contributed by atoms with E-state index in [1.807, 2.05) is 0 Å². The first-order valence-corrected chi connectivity index (χ1v) is 9.86. The number of amides is 1. The summed E-state index contributed by atoms with van der Waals surface area (Å²) in [6.07, 6.45) is 4.18. The number of hydrogen-bond acceptors (Lipinski definition) is 5. The molecule has 3 rings (SSSR count). The summed E-state index contributed by atoms with van der Waals surface area (Å²) in [5.41, 5.74) is 0. The average Bonchev–Trinajstić information content (AvgIpc) is 2.54. The quantitative estimate of drug-likeness (QED) is 0.667. The summed E-state index contributed by atoms with van der Waals surface area (Å²) < 4.78 is 0. The summed E-state index contributed by atoms with van der Waals surface area (Å²) >= 11 is 9.81. The third-order valence-electron chi connectivity index (χ3n) is 5.14. The van der Waals surface area contributed by atoms with Crippen molar-refractivity contribution in [2.45, 2.75) is 60.5 Å². The van der Waals surface area contributed by atoms with Crippen molar-refractivity contribution in [2.24, 2.45) is 10.9 Å². The monoisotopic (exact) mass is 419 g/mol. The normalized spacial score (nSPS) is 39.6. The van der Waals surface area contributed by atoms with Gasteiger partial charge in [-0.15, -0.1) is 11.6 Å². The van der Waals surface area contributed by atoms with Crippen molar-refractivity contribution in [3.05, 3.63) is 0 Å². The molecule has 5 unspecified atom stereocenters. The van der Waals surface area contributed by atoms with E-state index in [2.05, 4.69) is 26.2 Å². The minimum Gasteiger partial charge on any atom is -0.391 e. The molecule has 2 fully saturated rings. The zero-order valence-corrected chi connectivity index (χ0v) is 15.7. The van der Waals surface area contributed by atoms with Crippen molar-refractivity contribution >= 4 is 45.6 Å². The van der Waals surface area contributed by atoms with Crippen LogP contribution in [0.25, 0.3) is 0 Å². The topological polar surface area (TPSA) is 82.0 Å². The first-order chi connectivity index (χ1) is 11.5. The number of nitrogens with one attached hydrogen (secondary N) is 1. The fourth-order valence-electron chi connectivity index (χ4n) is 3.72. The molecule has 1 saturated heterocycles. The van der Waals surface area contributed by atoms with E-state index in [0.717, 1.165) is 19.4 Å². The minimum atomic E-state index is -0.496. The Morgan fingerprint density at radius 1 is 1.50 bits per heavy atom. The van der Waals surface area contributed by atoms with Crippen LogP contribution in [0.2, 0.25) is 0 Å². The molecule has 2 aliphatic heterocycles. The molecular weight excluding hydrogens is 398 g/mol. The molecule has 0 aromatic carbocycles. The van der Waals surface area contributed by atoms with E-state index in [1.54, 1.807) is 0 Å². The second kappa shape index (κ2) is 7.81. The number of ketones is 1. The van der Waals surface area contributed by atoms with E-state index < -0.39 is 6.10 Å². The van der Waals surface area contributed by atoms with E-state index in [-0.39, 0.29) is 52.9 Å². The van der Waals surface area contributed by atoms with Gasteiger partial charge in [0.2, 0.25) is 5.91 Å². The molecule has 3 aliphatic rings. The van der Waals surface area contributed by atoms with Crippen LogP contribution < -0.4 is 5.32 Å². The number of carbonyl (C=O) groups is 2. The van der Waals surface area contributed by atoms with Crippen LogP contribution in [-0.2, 0) is 9.59 Å². The molecule has 0 radical (unpaired) electrons. The third kappa shape index (κ3) is 4.00. The molecule has 0 aromatic rings. The Hall–Kier alpha value is -0.500. The van der Waals surface area contributed by atoms with Gasteiger partial charge >= 0.3 is 0 Å². The molecule has 6 nitrogen and oxygen atoms in total. The highest BCUT2D eigenvalue weighted by molar-refractivity contribution is 9.09. The summed E-state index contributed by atoms with van der Waals surface area (Å²) in [6.45, 7) is 0.828. The minimum absolute atomic E-state index is 0.0150. The number of halogens is 2. The lowest BCUT2D eigenvalue weighted by atomic mass is 9.82. The van der Waals surface area contributed by atoms with Crippen molar-refractivity contribution in [3.8, 4) is 0 Å². The van der Waals surface area contributed by atoms with Gasteiger partial charge in [0.05, 0.1) is 30.9 Å². The highest BCUT2D eigenvalue weighted by Crippen LogP contribution is 2.36. The predicted octanol–water partition coefficient (Wildman–Crippen LogP) is 1.08. The van der Waals surface area contributed by atoms with E-state index >= 15 is 0 Å². The zero-order valence-electron chi connectivity index (χ0n) is 13.4. The van der Waals surface area contributed by atoms with Gasteiger partial charge in [0, 0.05) is 22.7 Å². The lowest BCUT2D eigenvalue weighted by Crippen LogP contribution is -2.51. The Bertz CT molecular complexity index is 533. The van der Waals surface area contributed by atoms with Gasteiger partial charge in [-0.1, -0.05) is 15.9 Å². The maximum atomic E-state index is 12.6. The van der Waals surface area contributed by atoms with Crippen LogP contribution in [0.1, 0.15) is 32.1 Å². The summed E-state index contributed by atoms with van der Waals surface area (Å²) in [6, 6.07) is -0.267. The van der Waals surface area contributed by atoms with Gasteiger partial charge in [0.1, 0.15) is 0 Å². The fourth-order valence-corrected chi connectivity index (χ4v) is 4.61. The lowest BCUT2D eigenvalue weighted by molar-refractivity contribution is -0.136. The maximum absolute atomic E-state index is 12.6. The van der Waals surface area contributed by atoms with E-state index in [9.17, 15) is 14.7 Å². The predicted molar refractivity (Wildman–Crippen MR) is 95.7 cm³/mol. The second-order valence-corrected chi connectivity index (χ2v) is 8.66. The molecular formula is C16H23BrClN3O3. The number of piperidine rings is 1. The molecule has 2 N–H and O–H groups in total. The Labute approximate surface area is 155 Å². The number of aliphatic hydroxyl groups is 1. The third-order valence-corrected chi connectivity index (χ3v) is 6.94. The highest BCUT2D eigenvalue weighted by Gasteiger charge is 2.42. The van der Waals surface area contributed by atoms with Crippen molar-refractivity contribution in [1.82, 2.24) is 10.2 Å². The summed E-state index contributed by atoms with van der Waals surface area (Å²) in [7, 11) is 0. The second-order valence-electron chi connectivity index (χ2n) is 6.92. The van der Waals surface area contributed by atoms with Crippen LogP contribution in [0.5, 0.6) is 0 Å². The van der Waals surface area contributed by atoms with Crippen LogP contribution in [0, 0.1) is 5.92 Å². The SMILES string of the molecule is O=C(CC1NCCC[C@H]1O)CN1C=NC2CC(Br)C(Cl)CC2C1=O. The Balaban J connectivity index is 1.58. The van der Waals surface area contributed by atoms with Crippen molar-refractivity contribution in [3.63, 3.8) is 0 Å². The largest absolute Gasteiger partial charge is 0.391 e. The first kappa shape index (κ1) is 18.3. The van der Waals surface area contributed by atoms with Crippen LogP contribution in [0.3, 0.4) is 0 Å². The zero-order chi connectivity index (χ0) is 17.3. The molecule has 1 amide bonds. The number of fused-ring (bicyclic) bond motifs is 1. The van der Waals surface area contributed by atoms with Crippen LogP contribution in [0.4, 0.5) is 0 Å². The number of alkyl halides is 2. The van der Waals surface area contributed by atoms with Gasteiger partial charge < -0.3 is 10.4 Å². The summed E-state index contributed by atoms with van der Waals surface area (Å²) in [5, 5.41) is 13.0. The molecule has 1 saturated carbocycles. The van der Waals surface area contributed by atoms with E-state index in [4.69, 9.17) is 11.6 Å². The number of nitrogens with zero attached hydrogens (tertiary/aromatic N) is 2. The lowest BCUT2D eigenvalue weighted by Gasteiger charge is -2.38. The number of carbonyl (C=O) groups excluding carboxylic acids is 2. The number of rotatable bonds is 4. The molecule has 0 spiro atoms. The maximum Gasteiger partial charge on any atom is 0.233 e. The molecule has 1 aliphatic carbocycles. The number of hydrogen-bond donors (Lipinski definition) is 2. The molecule has 0 bridgehead atoms. The Morgan fingerprint density at radius 2 is 2.29 bits per heavy atom. The van der Waals surface area contributed by atoms with Gasteiger partial charge in [0.25, 0.3) is 0 Å². The van der Waals surface area contributed by atoms with Crippen molar-refractivity contribution in [1.29, 1.82) is 0 Å². The average molecular weight is 421 g/mol. The van der Waals surface area contributed by atoms with Crippen LogP contribution in [-0.4, -0.2) is 69.5 Å². The fraction of sp³-hybridized carbons (Fsp3) is 0.812. The van der Waals surface area contributed by atoms with Crippen LogP contribution in [0.15, 0.2) is 4.99 Å². The summed E-state index contributed by atoms with van der Waals surface area (Å²) in [5.74, 6) is -0.369. The van der Waals surface area contributed by atoms with Gasteiger partial charge in [-0.25, -0.2) is 0 Å². The first-order valence-electron chi connectivity index (χ1n) is 8.50. The number of aliphatic imine (C=N–C) groups is 1. The van der Waals surface area contributed by atoms with Gasteiger partial charge in [0.15, 0.2) is 5.78 Å².